The summed E-state index contributed by atoms with van der Waals surface area (Å²) in [5.74, 6) is -1.20. The first-order chi connectivity index (χ1) is 13.2. The van der Waals surface area contributed by atoms with Gasteiger partial charge in [0.1, 0.15) is 23.3 Å². The van der Waals surface area contributed by atoms with E-state index in [-0.39, 0.29) is 6.10 Å². The molecule has 0 aromatic heterocycles. The summed E-state index contributed by atoms with van der Waals surface area (Å²) in [6, 6.07) is 9.18. The van der Waals surface area contributed by atoms with Crippen molar-refractivity contribution in [3.05, 3.63) is 59.2 Å². The molecule has 0 radical (unpaired) electrons. The lowest BCUT2D eigenvalue weighted by Crippen LogP contribution is -2.38. The van der Waals surface area contributed by atoms with Crippen LogP contribution in [-0.4, -0.2) is 36.8 Å². The van der Waals surface area contributed by atoms with Crippen LogP contribution in [0.25, 0.3) is 11.1 Å². The van der Waals surface area contributed by atoms with Gasteiger partial charge in [0.05, 0.1) is 13.2 Å². The van der Waals surface area contributed by atoms with Gasteiger partial charge in [-0.1, -0.05) is 18.2 Å². The minimum absolute atomic E-state index is 0.317. The van der Waals surface area contributed by atoms with Crippen LogP contribution >= 0.6 is 0 Å². The zero-order valence-corrected chi connectivity index (χ0v) is 16.6. The van der Waals surface area contributed by atoms with Gasteiger partial charge in [-0.05, 0) is 56.0 Å². The van der Waals surface area contributed by atoms with Gasteiger partial charge in [0.25, 0.3) is 0 Å². The van der Waals surface area contributed by atoms with Crippen LogP contribution in [0.4, 0.5) is 13.6 Å². The minimum Gasteiger partial charge on any atom is -0.444 e. The first kappa shape index (κ1) is 20.3. The van der Waals surface area contributed by atoms with Crippen LogP contribution in [0.2, 0.25) is 0 Å². The molecule has 0 N–H and O–H groups in total. The molecule has 6 heteroatoms. The fourth-order valence-electron chi connectivity index (χ4n) is 3.35. The van der Waals surface area contributed by atoms with E-state index >= 15 is 0 Å². The summed E-state index contributed by atoms with van der Waals surface area (Å²) in [6.45, 7) is 6.22. The van der Waals surface area contributed by atoms with E-state index in [4.69, 9.17) is 9.47 Å². The Labute approximate surface area is 164 Å². The molecule has 0 fully saturated rings. The van der Waals surface area contributed by atoms with Crippen LogP contribution in [0.1, 0.15) is 38.0 Å². The van der Waals surface area contributed by atoms with E-state index in [1.54, 1.807) is 7.05 Å². The lowest BCUT2D eigenvalue weighted by molar-refractivity contribution is -0.00157. The third-order valence-electron chi connectivity index (χ3n) is 4.60. The van der Waals surface area contributed by atoms with E-state index in [9.17, 15) is 13.6 Å². The summed E-state index contributed by atoms with van der Waals surface area (Å²) in [6.07, 6.45) is -0.150. The highest BCUT2D eigenvalue weighted by molar-refractivity contribution is 5.70. The molecule has 0 unspecified atom stereocenters. The van der Waals surface area contributed by atoms with Gasteiger partial charge in [-0.3, -0.25) is 0 Å². The van der Waals surface area contributed by atoms with Crippen molar-refractivity contribution in [3.8, 4) is 11.1 Å². The lowest BCUT2D eigenvalue weighted by atomic mass is 9.89. The molecule has 0 saturated heterocycles. The third-order valence-corrected chi connectivity index (χ3v) is 4.60. The first-order valence-corrected chi connectivity index (χ1v) is 9.28. The quantitative estimate of drug-likeness (QED) is 0.732. The van der Waals surface area contributed by atoms with Crippen molar-refractivity contribution in [1.29, 1.82) is 0 Å². The molecular formula is C22H25F2NO3. The summed E-state index contributed by atoms with van der Waals surface area (Å²) in [5, 5.41) is 0. The Kier molecular flexibility index (Phi) is 5.70. The highest BCUT2D eigenvalue weighted by Gasteiger charge is 2.28. The summed E-state index contributed by atoms with van der Waals surface area (Å²) in [4.78, 5) is 13.8. The van der Waals surface area contributed by atoms with Gasteiger partial charge in [0.2, 0.25) is 0 Å². The van der Waals surface area contributed by atoms with Crippen LogP contribution in [0.5, 0.6) is 0 Å². The zero-order valence-electron chi connectivity index (χ0n) is 16.6. The number of carbonyl (C=O) groups is 1. The zero-order chi connectivity index (χ0) is 20.5. The maximum absolute atomic E-state index is 14.3. The molecule has 2 aromatic rings. The standard InChI is InChI=1S/C22H25F2NO3/c1-22(2,3)28-21(26)25(4)13-20-18-7-5-6-15(16(18)10-11-27-20)17-9-8-14(23)12-19(17)24/h5-9,12,20H,10-11,13H2,1-4H3/t20-/m0/s1. The normalized spacial score (nSPS) is 16.4. The van der Waals surface area contributed by atoms with Gasteiger partial charge in [-0.25, -0.2) is 13.6 Å². The summed E-state index contributed by atoms with van der Waals surface area (Å²) in [5.41, 5.74) is 2.37. The van der Waals surface area contributed by atoms with Crippen molar-refractivity contribution in [2.24, 2.45) is 0 Å². The number of benzene rings is 2. The average Bonchev–Trinajstić information content (AvgIpc) is 2.60. The second-order valence-electron chi connectivity index (χ2n) is 7.97. The Morgan fingerprint density at radius 2 is 1.96 bits per heavy atom. The van der Waals surface area contributed by atoms with E-state index in [2.05, 4.69) is 0 Å². The molecule has 28 heavy (non-hydrogen) atoms. The Morgan fingerprint density at radius 1 is 1.21 bits per heavy atom. The van der Waals surface area contributed by atoms with Crippen molar-refractivity contribution >= 4 is 6.09 Å². The average molecular weight is 389 g/mol. The van der Waals surface area contributed by atoms with Crippen molar-refractivity contribution in [2.75, 3.05) is 20.2 Å². The van der Waals surface area contributed by atoms with Gasteiger partial charge in [-0.15, -0.1) is 0 Å². The number of nitrogens with zero attached hydrogens (tertiary/aromatic N) is 1. The van der Waals surface area contributed by atoms with Gasteiger partial charge in [-0.2, -0.15) is 0 Å². The molecule has 0 saturated carbocycles. The second-order valence-corrected chi connectivity index (χ2v) is 7.97. The predicted octanol–water partition coefficient (Wildman–Crippen LogP) is 5.11. The number of carbonyl (C=O) groups excluding carboxylic acids is 1. The molecule has 4 nitrogen and oxygen atoms in total. The second kappa shape index (κ2) is 7.87. The van der Waals surface area contributed by atoms with E-state index in [0.29, 0.717) is 25.1 Å². The summed E-state index contributed by atoms with van der Waals surface area (Å²) < 4.78 is 38.9. The molecule has 0 bridgehead atoms. The Hall–Kier alpha value is -2.47. The number of amides is 1. The maximum atomic E-state index is 14.3. The molecule has 2 aromatic carbocycles. The van der Waals surface area contributed by atoms with Crippen molar-refractivity contribution in [1.82, 2.24) is 4.90 Å². The fourth-order valence-corrected chi connectivity index (χ4v) is 3.35. The van der Waals surface area contributed by atoms with Crippen LogP contribution in [0.15, 0.2) is 36.4 Å². The smallest absolute Gasteiger partial charge is 0.410 e. The molecule has 150 valence electrons. The third kappa shape index (κ3) is 4.50. The Bertz CT molecular complexity index is 877. The number of ether oxygens (including phenoxy) is 2. The van der Waals surface area contributed by atoms with E-state index in [0.717, 1.165) is 22.8 Å². The number of likely N-dealkylation sites (N-methyl/N-ethyl adjacent to an activating group) is 1. The largest absolute Gasteiger partial charge is 0.444 e. The van der Waals surface area contributed by atoms with Crippen LogP contribution in [-0.2, 0) is 15.9 Å². The monoisotopic (exact) mass is 389 g/mol. The molecule has 1 amide bonds. The van der Waals surface area contributed by atoms with Gasteiger partial charge >= 0.3 is 6.09 Å². The van der Waals surface area contributed by atoms with Crippen LogP contribution < -0.4 is 0 Å². The summed E-state index contributed by atoms with van der Waals surface area (Å²) in [7, 11) is 1.66. The number of halogens is 2. The molecule has 3 rings (SSSR count). The van der Waals surface area contributed by atoms with E-state index in [1.807, 2.05) is 39.0 Å². The van der Waals surface area contributed by atoms with Crippen molar-refractivity contribution < 1.29 is 23.0 Å². The molecular weight excluding hydrogens is 364 g/mol. The molecule has 1 aliphatic rings. The first-order valence-electron chi connectivity index (χ1n) is 9.28. The molecule has 1 heterocycles. The molecule has 1 atom stereocenters. The highest BCUT2D eigenvalue weighted by Crippen LogP contribution is 2.36. The number of hydrogen-bond acceptors (Lipinski definition) is 3. The van der Waals surface area contributed by atoms with Gasteiger partial charge < -0.3 is 14.4 Å². The predicted molar refractivity (Wildman–Crippen MR) is 103 cm³/mol. The summed E-state index contributed by atoms with van der Waals surface area (Å²) >= 11 is 0. The molecule has 0 spiro atoms. The van der Waals surface area contributed by atoms with E-state index < -0.39 is 23.3 Å². The van der Waals surface area contributed by atoms with Crippen molar-refractivity contribution in [2.45, 2.75) is 38.9 Å². The number of hydrogen-bond donors (Lipinski definition) is 0. The molecule has 1 aliphatic heterocycles. The number of fused-ring (bicyclic) bond motifs is 1. The Balaban J connectivity index is 1.88. The minimum atomic E-state index is -0.605. The maximum Gasteiger partial charge on any atom is 0.410 e. The van der Waals surface area contributed by atoms with Crippen LogP contribution in [0.3, 0.4) is 0 Å². The Morgan fingerprint density at radius 3 is 2.64 bits per heavy atom. The van der Waals surface area contributed by atoms with Gasteiger partial charge in [0, 0.05) is 18.7 Å². The lowest BCUT2D eigenvalue weighted by Gasteiger charge is -2.32. The topological polar surface area (TPSA) is 38.8 Å². The van der Waals surface area contributed by atoms with E-state index in [1.165, 1.54) is 17.0 Å². The number of rotatable bonds is 3. The highest BCUT2D eigenvalue weighted by atomic mass is 19.1. The SMILES string of the molecule is CN(C[C@@H]1OCCc2c(-c3ccc(F)cc3F)cccc21)C(=O)OC(C)(C)C. The fraction of sp³-hybridized carbons (Fsp3) is 0.409. The van der Waals surface area contributed by atoms with Gasteiger partial charge in [0.15, 0.2) is 0 Å². The van der Waals surface area contributed by atoms with Crippen LogP contribution in [0, 0.1) is 11.6 Å². The molecule has 0 aliphatic carbocycles. The van der Waals surface area contributed by atoms with Crippen molar-refractivity contribution in [3.63, 3.8) is 0 Å².